The molecule has 0 spiro atoms. The van der Waals surface area contributed by atoms with Crippen molar-refractivity contribution >= 4 is 11.9 Å². The topological polar surface area (TPSA) is 103 Å². The molecule has 0 radical (unpaired) electrons. The number of aryl methyl sites for hydroxylation is 1. The van der Waals surface area contributed by atoms with E-state index in [2.05, 4.69) is 4.98 Å². The molecule has 1 heterocycles. The number of rotatable bonds is 4. The summed E-state index contributed by atoms with van der Waals surface area (Å²) in [5.41, 5.74) is 5.12. The highest BCUT2D eigenvalue weighted by molar-refractivity contribution is 5.93. The van der Waals surface area contributed by atoms with Crippen molar-refractivity contribution in [1.29, 1.82) is 0 Å². The number of aromatic nitrogens is 1. The quantitative estimate of drug-likeness (QED) is 0.897. The van der Waals surface area contributed by atoms with Gasteiger partial charge in [-0.3, -0.25) is 9.78 Å². The van der Waals surface area contributed by atoms with Gasteiger partial charge in [0.25, 0.3) is 5.91 Å². The first-order valence-corrected chi connectivity index (χ1v) is 5.85. The maximum atomic E-state index is 13.6. The summed E-state index contributed by atoms with van der Waals surface area (Å²) in [7, 11) is 0. The third kappa shape index (κ3) is 3.14. The molecule has 0 bridgehead atoms. The molecule has 0 aliphatic heterocycles. The van der Waals surface area contributed by atoms with Crippen LogP contribution in [0.25, 0.3) is 0 Å². The Balaban J connectivity index is 2.38. The fraction of sp³-hybridized carbons (Fsp3) is 0.0714. The molecule has 3 N–H and O–H groups in total. The molecule has 0 fully saturated rings. The molecule has 0 atom stereocenters. The monoisotopic (exact) mass is 290 g/mol. The van der Waals surface area contributed by atoms with Gasteiger partial charge in [-0.1, -0.05) is 0 Å². The molecular formula is C14H11FN2O4. The third-order valence-electron chi connectivity index (χ3n) is 2.67. The van der Waals surface area contributed by atoms with Crippen molar-refractivity contribution in [2.75, 3.05) is 0 Å². The number of carboxylic acids is 1. The van der Waals surface area contributed by atoms with E-state index in [1.54, 1.807) is 6.92 Å². The average molecular weight is 290 g/mol. The minimum Gasteiger partial charge on any atom is -0.477 e. The number of primary amides is 1. The van der Waals surface area contributed by atoms with Crippen LogP contribution >= 0.6 is 0 Å². The number of halogens is 1. The molecule has 6 nitrogen and oxygen atoms in total. The molecule has 1 aromatic carbocycles. The zero-order chi connectivity index (χ0) is 15.6. The largest absolute Gasteiger partial charge is 0.477 e. The Labute approximate surface area is 119 Å². The lowest BCUT2D eigenvalue weighted by atomic mass is 10.2. The number of amides is 1. The molecule has 0 aliphatic carbocycles. The van der Waals surface area contributed by atoms with E-state index in [9.17, 15) is 14.0 Å². The van der Waals surface area contributed by atoms with Gasteiger partial charge in [-0.25, -0.2) is 9.18 Å². The number of carboxylic acid groups (broad SMARTS) is 1. The number of pyridine rings is 1. The van der Waals surface area contributed by atoms with Gasteiger partial charge in [0.2, 0.25) is 0 Å². The zero-order valence-electron chi connectivity index (χ0n) is 11.0. The third-order valence-corrected chi connectivity index (χ3v) is 2.67. The normalized spacial score (nSPS) is 10.2. The fourth-order valence-electron chi connectivity index (χ4n) is 1.67. The predicted octanol–water partition coefficient (Wildman–Crippen LogP) is 2.12. The summed E-state index contributed by atoms with van der Waals surface area (Å²) in [6.45, 7) is 1.66. The first-order valence-electron chi connectivity index (χ1n) is 5.85. The number of aromatic carboxylic acids is 1. The number of hydrogen-bond donors (Lipinski definition) is 2. The van der Waals surface area contributed by atoms with E-state index in [-0.39, 0.29) is 22.6 Å². The molecule has 21 heavy (non-hydrogen) atoms. The first kappa shape index (κ1) is 14.4. The van der Waals surface area contributed by atoms with Gasteiger partial charge < -0.3 is 15.6 Å². The highest BCUT2D eigenvalue weighted by atomic mass is 19.1. The van der Waals surface area contributed by atoms with Gasteiger partial charge in [0.1, 0.15) is 22.9 Å². The number of hydrogen-bond acceptors (Lipinski definition) is 4. The Morgan fingerprint density at radius 3 is 2.57 bits per heavy atom. The van der Waals surface area contributed by atoms with Crippen LogP contribution in [0, 0.1) is 12.7 Å². The summed E-state index contributed by atoms with van der Waals surface area (Å²) < 4.78 is 19.0. The number of nitrogens with zero attached hydrogens (tertiary/aromatic N) is 1. The SMILES string of the molecule is Cc1cc(Oc2ccc(C(N)=O)c(F)c2)c(C(=O)O)cn1. The summed E-state index contributed by atoms with van der Waals surface area (Å²) in [5.74, 6) is -2.88. The van der Waals surface area contributed by atoms with Crippen LogP contribution in [-0.2, 0) is 0 Å². The lowest BCUT2D eigenvalue weighted by Crippen LogP contribution is -2.12. The zero-order valence-corrected chi connectivity index (χ0v) is 11.0. The van der Waals surface area contributed by atoms with Crippen molar-refractivity contribution in [3.63, 3.8) is 0 Å². The summed E-state index contributed by atoms with van der Waals surface area (Å²) in [5, 5.41) is 9.05. The highest BCUT2D eigenvalue weighted by Crippen LogP contribution is 2.27. The summed E-state index contributed by atoms with van der Waals surface area (Å²) in [6, 6.07) is 4.87. The summed E-state index contributed by atoms with van der Waals surface area (Å²) >= 11 is 0. The minimum atomic E-state index is -1.22. The van der Waals surface area contributed by atoms with Crippen molar-refractivity contribution in [2.45, 2.75) is 6.92 Å². The van der Waals surface area contributed by atoms with E-state index in [0.29, 0.717) is 5.69 Å². The van der Waals surface area contributed by atoms with Crippen LogP contribution in [-0.4, -0.2) is 22.0 Å². The number of carbonyl (C=O) groups is 2. The standard InChI is InChI=1S/C14H11FN2O4/c1-7-4-12(10(6-17-7)14(19)20)21-8-2-3-9(13(16)18)11(15)5-8/h2-6H,1H3,(H2,16,18)(H,19,20). The average Bonchev–Trinajstić information content (AvgIpc) is 2.37. The van der Waals surface area contributed by atoms with Crippen LogP contribution in [0.5, 0.6) is 11.5 Å². The summed E-state index contributed by atoms with van der Waals surface area (Å²) in [4.78, 5) is 25.9. The molecule has 108 valence electrons. The number of nitrogens with two attached hydrogens (primary N) is 1. The highest BCUT2D eigenvalue weighted by Gasteiger charge is 2.15. The van der Waals surface area contributed by atoms with E-state index >= 15 is 0 Å². The molecule has 1 amide bonds. The van der Waals surface area contributed by atoms with Gasteiger partial charge in [0, 0.05) is 24.0 Å². The number of benzene rings is 1. The van der Waals surface area contributed by atoms with Crippen LogP contribution in [0.4, 0.5) is 4.39 Å². The second-order valence-electron chi connectivity index (χ2n) is 4.23. The van der Waals surface area contributed by atoms with Gasteiger partial charge in [-0.05, 0) is 19.1 Å². The van der Waals surface area contributed by atoms with Crippen molar-refractivity contribution in [3.05, 3.63) is 53.1 Å². The van der Waals surface area contributed by atoms with Gasteiger partial charge in [-0.15, -0.1) is 0 Å². The van der Waals surface area contributed by atoms with E-state index in [1.807, 2.05) is 0 Å². The maximum absolute atomic E-state index is 13.6. The summed E-state index contributed by atoms with van der Waals surface area (Å²) in [6.07, 6.45) is 1.15. The second-order valence-corrected chi connectivity index (χ2v) is 4.23. The van der Waals surface area contributed by atoms with Crippen LogP contribution < -0.4 is 10.5 Å². The Hall–Kier alpha value is -2.96. The molecule has 2 aromatic rings. The molecule has 0 saturated heterocycles. The smallest absolute Gasteiger partial charge is 0.341 e. The molecular weight excluding hydrogens is 279 g/mol. The van der Waals surface area contributed by atoms with Crippen LogP contribution in [0.2, 0.25) is 0 Å². The number of carbonyl (C=O) groups excluding carboxylic acids is 1. The van der Waals surface area contributed by atoms with Gasteiger partial charge >= 0.3 is 5.97 Å². The van der Waals surface area contributed by atoms with E-state index in [1.165, 1.54) is 18.2 Å². The molecule has 0 unspecified atom stereocenters. The lowest BCUT2D eigenvalue weighted by molar-refractivity contribution is 0.0693. The van der Waals surface area contributed by atoms with Crippen molar-refractivity contribution in [1.82, 2.24) is 4.98 Å². The van der Waals surface area contributed by atoms with E-state index < -0.39 is 17.7 Å². The van der Waals surface area contributed by atoms with Crippen LogP contribution in [0.1, 0.15) is 26.4 Å². The molecule has 2 rings (SSSR count). The van der Waals surface area contributed by atoms with Crippen molar-refractivity contribution in [3.8, 4) is 11.5 Å². The van der Waals surface area contributed by atoms with Gasteiger partial charge in [0.15, 0.2) is 0 Å². The van der Waals surface area contributed by atoms with Crippen molar-refractivity contribution < 1.29 is 23.8 Å². The first-order chi connectivity index (χ1) is 9.88. The molecule has 0 saturated carbocycles. The van der Waals surface area contributed by atoms with E-state index in [4.69, 9.17) is 15.6 Å². The predicted molar refractivity (Wildman–Crippen MR) is 70.9 cm³/mol. The number of ether oxygens (including phenoxy) is 1. The fourth-order valence-corrected chi connectivity index (χ4v) is 1.67. The van der Waals surface area contributed by atoms with Crippen LogP contribution in [0.3, 0.4) is 0 Å². The maximum Gasteiger partial charge on any atom is 0.341 e. The van der Waals surface area contributed by atoms with Crippen LogP contribution in [0.15, 0.2) is 30.5 Å². The Bertz CT molecular complexity index is 731. The minimum absolute atomic E-state index is 0.0289. The Kier molecular flexibility index (Phi) is 3.84. The van der Waals surface area contributed by atoms with E-state index in [0.717, 1.165) is 12.3 Å². The Morgan fingerprint density at radius 2 is 2.00 bits per heavy atom. The van der Waals surface area contributed by atoms with Gasteiger partial charge in [0.05, 0.1) is 5.56 Å². The van der Waals surface area contributed by atoms with Gasteiger partial charge in [-0.2, -0.15) is 0 Å². The van der Waals surface area contributed by atoms with Crippen molar-refractivity contribution in [2.24, 2.45) is 5.73 Å². The molecule has 7 heteroatoms. The second kappa shape index (κ2) is 5.58. The molecule has 1 aromatic heterocycles. The Morgan fingerprint density at radius 1 is 1.29 bits per heavy atom. The molecule has 0 aliphatic rings. The lowest BCUT2D eigenvalue weighted by Gasteiger charge is -2.10.